The van der Waals surface area contributed by atoms with Crippen molar-refractivity contribution >= 4 is 23.3 Å². The third-order valence-electron chi connectivity index (χ3n) is 2.20. The van der Waals surface area contributed by atoms with Crippen LogP contribution in [0.2, 0.25) is 5.02 Å². The van der Waals surface area contributed by atoms with E-state index < -0.39 is 11.7 Å². The van der Waals surface area contributed by atoms with Gasteiger partial charge in [-0.2, -0.15) is 0 Å². The SMILES string of the molecule is CC(C/C(N)=N/O)NC(=O)c1ccc(Cl)c(F)c1. The number of hydrogen-bond donors (Lipinski definition) is 3. The molecule has 0 saturated heterocycles. The number of amidine groups is 1. The smallest absolute Gasteiger partial charge is 0.251 e. The van der Waals surface area contributed by atoms with Crippen molar-refractivity contribution in [2.75, 3.05) is 0 Å². The number of rotatable bonds is 4. The molecular weight excluding hydrogens is 261 g/mol. The summed E-state index contributed by atoms with van der Waals surface area (Å²) in [5, 5.41) is 13.7. The summed E-state index contributed by atoms with van der Waals surface area (Å²) in [6.07, 6.45) is 0.193. The molecule has 0 bridgehead atoms. The highest BCUT2D eigenvalue weighted by Gasteiger charge is 2.12. The fourth-order valence-corrected chi connectivity index (χ4v) is 1.47. The summed E-state index contributed by atoms with van der Waals surface area (Å²) < 4.78 is 13.2. The van der Waals surface area contributed by atoms with Gasteiger partial charge in [0.2, 0.25) is 0 Å². The molecule has 1 atom stereocenters. The number of amides is 1. The molecule has 1 unspecified atom stereocenters. The fraction of sp³-hybridized carbons (Fsp3) is 0.273. The van der Waals surface area contributed by atoms with E-state index in [-0.39, 0.29) is 28.9 Å². The van der Waals surface area contributed by atoms with E-state index in [9.17, 15) is 9.18 Å². The molecule has 5 nitrogen and oxygen atoms in total. The fourth-order valence-electron chi connectivity index (χ4n) is 1.35. The molecule has 0 heterocycles. The lowest BCUT2D eigenvalue weighted by molar-refractivity contribution is 0.0940. The third kappa shape index (κ3) is 3.89. The number of oxime groups is 1. The molecule has 0 fully saturated rings. The molecule has 1 rings (SSSR count). The average molecular weight is 274 g/mol. The largest absolute Gasteiger partial charge is 0.409 e. The number of nitrogens with zero attached hydrogens (tertiary/aromatic N) is 1. The predicted octanol–water partition coefficient (Wildman–Crippen LogP) is 1.73. The van der Waals surface area contributed by atoms with Crippen LogP contribution in [0, 0.1) is 5.82 Å². The Hall–Kier alpha value is -1.82. The number of nitrogens with one attached hydrogen (secondary N) is 1. The summed E-state index contributed by atoms with van der Waals surface area (Å²) in [5.74, 6) is -1.11. The average Bonchev–Trinajstić information content (AvgIpc) is 2.32. The van der Waals surface area contributed by atoms with E-state index in [1.807, 2.05) is 0 Å². The summed E-state index contributed by atoms with van der Waals surface area (Å²) >= 11 is 5.51. The number of carbonyl (C=O) groups excluding carboxylic acids is 1. The minimum atomic E-state index is -0.659. The van der Waals surface area contributed by atoms with Gasteiger partial charge in [-0.15, -0.1) is 0 Å². The number of benzene rings is 1. The summed E-state index contributed by atoms with van der Waals surface area (Å²) in [7, 11) is 0. The normalized spacial score (nSPS) is 13.2. The molecule has 98 valence electrons. The van der Waals surface area contributed by atoms with Gasteiger partial charge in [0.05, 0.1) is 5.02 Å². The first-order chi connectivity index (χ1) is 8.43. The van der Waals surface area contributed by atoms with Crippen molar-refractivity contribution in [1.82, 2.24) is 5.32 Å². The highest BCUT2D eigenvalue weighted by Crippen LogP contribution is 2.15. The third-order valence-corrected chi connectivity index (χ3v) is 2.51. The van der Waals surface area contributed by atoms with Gasteiger partial charge in [0, 0.05) is 18.0 Å². The van der Waals surface area contributed by atoms with Crippen molar-refractivity contribution in [3.8, 4) is 0 Å². The van der Waals surface area contributed by atoms with Gasteiger partial charge in [0.1, 0.15) is 11.7 Å². The second kappa shape index (κ2) is 6.20. The second-order valence-corrected chi connectivity index (χ2v) is 4.21. The van der Waals surface area contributed by atoms with Crippen LogP contribution < -0.4 is 11.1 Å². The first-order valence-electron chi connectivity index (χ1n) is 5.16. The lowest BCUT2D eigenvalue weighted by atomic mass is 10.1. The second-order valence-electron chi connectivity index (χ2n) is 3.80. The Morgan fingerprint density at radius 2 is 2.33 bits per heavy atom. The van der Waals surface area contributed by atoms with Crippen molar-refractivity contribution in [3.63, 3.8) is 0 Å². The Morgan fingerprint density at radius 1 is 1.67 bits per heavy atom. The van der Waals surface area contributed by atoms with Gasteiger partial charge >= 0.3 is 0 Å². The summed E-state index contributed by atoms with van der Waals surface area (Å²) in [6.45, 7) is 1.68. The highest BCUT2D eigenvalue weighted by molar-refractivity contribution is 6.30. The molecule has 7 heteroatoms. The maximum Gasteiger partial charge on any atom is 0.251 e. The molecular formula is C11H13ClFN3O2. The molecule has 1 aromatic carbocycles. The minimum absolute atomic E-state index is 0.00471. The topological polar surface area (TPSA) is 87.7 Å². The van der Waals surface area contributed by atoms with E-state index in [2.05, 4.69) is 10.5 Å². The maximum atomic E-state index is 13.2. The molecule has 18 heavy (non-hydrogen) atoms. The molecule has 0 radical (unpaired) electrons. The summed E-state index contributed by atoms with van der Waals surface area (Å²) in [5.41, 5.74) is 5.46. The molecule has 1 amide bonds. The molecule has 0 aliphatic carbocycles. The van der Waals surface area contributed by atoms with Crippen LogP contribution in [0.1, 0.15) is 23.7 Å². The Kier molecular flexibility index (Phi) is 4.91. The zero-order valence-corrected chi connectivity index (χ0v) is 10.4. The van der Waals surface area contributed by atoms with Crippen molar-refractivity contribution in [3.05, 3.63) is 34.6 Å². The monoisotopic (exact) mass is 273 g/mol. The van der Waals surface area contributed by atoms with Gasteiger partial charge in [0.15, 0.2) is 0 Å². The molecule has 0 aromatic heterocycles. The van der Waals surface area contributed by atoms with Gasteiger partial charge in [-0.25, -0.2) is 4.39 Å². The van der Waals surface area contributed by atoms with Crippen molar-refractivity contribution in [1.29, 1.82) is 0 Å². The van der Waals surface area contributed by atoms with Crippen molar-refractivity contribution < 1.29 is 14.4 Å². The van der Waals surface area contributed by atoms with Crippen LogP contribution in [0.4, 0.5) is 4.39 Å². The van der Waals surface area contributed by atoms with Crippen molar-refractivity contribution in [2.24, 2.45) is 10.9 Å². The van der Waals surface area contributed by atoms with Gasteiger partial charge < -0.3 is 16.3 Å². The van der Waals surface area contributed by atoms with Gasteiger partial charge in [-0.05, 0) is 25.1 Å². The maximum absolute atomic E-state index is 13.2. The zero-order valence-electron chi connectivity index (χ0n) is 9.65. The summed E-state index contributed by atoms with van der Waals surface area (Å²) in [6, 6.07) is 3.43. The first kappa shape index (κ1) is 14.2. The molecule has 1 aromatic rings. The van der Waals surface area contributed by atoms with Crippen LogP contribution in [-0.4, -0.2) is 23.0 Å². The molecule has 4 N–H and O–H groups in total. The van der Waals surface area contributed by atoms with Gasteiger partial charge in [0.25, 0.3) is 5.91 Å². The van der Waals surface area contributed by atoms with E-state index in [1.54, 1.807) is 6.92 Å². The number of nitrogens with two attached hydrogens (primary N) is 1. The highest BCUT2D eigenvalue weighted by atomic mass is 35.5. The minimum Gasteiger partial charge on any atom is -0.409 e. The first-order valence-corrected chi connectivity index (χ1v) is 5.54. The van der Waals surface area contributed by atoms with Crippen LogP contribution in [-0.2, 0) is 0 Å². The van der Waals surface area contributed by atoms with Crippen LogP contribution in [0.3, 0.4) is 0 Å². The van der Waals surface area contributed by atoms with E-state index in [0.717, 1.165) is 6.07 Å². The molecule has 0 saturated carbocycles. The predicted molar refractivity (Wildman–Crippen MR) is 66.4 cm³/mol. The standard InChI is InChI=1S/C11H13ClFN3O2/c1-6(4-10(14)16-18)15-11(17)7-2-3-8(12)9(13)5-7/h2-3,5-6,18H,4H2,1H3,(H2,14,16)(H,15,17). The number of hydrogen-bond acceptors (Lipinski definition) is 3. The van der Waals surface area contributed by atoms with Crippen LogP contribution in [0.25, 0.3) is 0 Å². The lowest BCUT2D eigenvalue weighted by Gasteiger charge is -2.13. The zero-order chi connectivity index (χ0) is 13.7. The van der Waals surface area contributed by atoms with Gasteiger partial charge in [-0.3, -0.25) is 4.79 Å². The quantitative estimate of drug-likeness (QED) is 0.338. The molecule has 0 aliphatic rings. The Labute approximate surface area is 108 Å². The number of halogens is 2. The van der Waals surface area contributed by atoms with E-state index >= 15 is 0 Å². The van der Waals surface area contributed by atoms with Crippen molar-refractivity contribution in [2.45, 2.75) is 19.4 Å². The van der Waals surface area contributed by atoms with E-state index in [1.165, 1.54) is 12.1 Å². The molecule has 0 aliphatic heterocycles. The van der Waals surface area contributed by atoms with E-state index in [4.69, 9.17) is 22.5 Å². The van der Waals surface area contributed by atoms with Gasteiger partial charge in [-0.1, -0.05) is 16.8 Å². The Balaban J connectivity index is 2.67. The Morgan fingerprint density at radius 3 is 2.89 bits per heavy atom. The van der Waals surface area contributed by atoms with Crippen LogP contribution in [0.15, 0.2) is 23.4 Å². The summed E-state index contributed by atoms with van der Waals surface area (Å²) in [4.78, 5) is 11.7. The lowest BCUT2D eigenvalue weighted by Crippen LogP contribution is -2.35. The molecule has 0 spiro atoms. The van der Waals surface area contributed by atoms with Crippen LogP contribution >= 0.6 is 11.6 Å². The van der Waals surface area contributed by atoms with E-state index in [0.29, 0.717) is 0 Å². The number of carbonyl (C=O) groups is 1. The van der Waals surface area contributed by atoms with Crippen LogP contribution in [0.5, 0.6) is 0 Å². The Bertz CT molecular complexity index is 479.